The Morgan fingerprint density at radius 2 is 2.06 bits per heavy atom. The molecule has 1 aromatic carbocycles. The standard InChI is InChI=1S/C13H17BNO2/c1-3-5-10-15(4-2)11-12-8-6-7-9-13(12)14(16)17/h3-10,16-17H,1,11H2,2H3/q+1/b10-5-,15-4?. The van der Waals surface area contributed by atoms with E-state index in [4.69, 9.17) is 0 Å². The minimum Gasteiger partial charge on any atom is -0.423 e. The molecule has 0 fully saturated rings. The first-order valence-corrected chi connectivity index (χ1v) is 5.47. The van der Waals surface area contributed by atoms with E-state index in [1.807, 2.05) is 42.1 Å². The molecule has 88 valence electrons. The smallest absolute Gasteiger partial charge is 0.423 e. The summed E-state index contributed by atoms with van der Waals surface area (Å²) < 4.78 is 1.95. The van der Waals surface area contributed by atoms with Crippen molar-refractivity contribution >= 4 is 18.8 Å². The first kappa shape index (κ1) is 13.4. The summed E-state index contributed by atoms with van der Waals surface area (Å²) >= 11 is 0. The Balaban J connectivity index is 2.94. The van der Waals surface area contributed by atoms with Gasteiger partial charge in [-0.2, -0.15) is 0 Å². The first-order valence-electron chi connectivity index (χ1n) is 5.47. The van der Waals surface area contributed by atoms with Crippen molar-refractivity contribution in [3.63, 3.8) is 0 Å². The molecule has 0 unspecified atom stereocenters. The molecule has 0 radical (unpaired) electrons. The van der Waals surface area contributed by atoms with Crippen LogP contribution in [0.15, 0.2) is 49.2 Å². The summed E-state index contributed by atoms with van der Waals surface area (Å²) in [5.41, 5.74) is 1.42. The normalized spacial score (nSPS) is 11.8. The van der Waals surface area contributed by atoms with E-state index in [-0.39, 0.29) is 0 Å². The highest BCUT2D eigenvalue weighted by molar-refractivity contribution is 6.59. The maximum atomic E-state index is 9.26. The van der Waals surface area contributed by atoms with Gasteiger partial charge in [-0.05, 0) is 5.46 Å². The van der Waals surface area contributed by atoms with Crippen molar-refractivity contribution in [2.24, 2.45) is 0 Å². The fourth-order valence-electron chi connectivity index (χ4n) is 1.53. The quantitative estimate of drug-likeness (QED) is 0.338. The zero-order chi connectivity index (χ0) is 12.7. The van der Waals surface area contributed by atoms with Gasteiger partial charge in [0, 0.05) is 18.6 Å². The van der Waals surface area contributed by atoms with Crippen LogP contribution in [-0.2, 0) is 6.54 Å². The molecule has 1 rings (SSSR count). The molecule has 0 aliphatic rings. The lowest BCUT2D eigenvalue weighted by molar-refractivity contribution is -0.469. The van der Waals surface area contributed by atoms with E-state index in [9.17, 15) is 10.0 Å². The van der Waals surface area contributed by atoms with Gasteiger partial charge in [-0.3, -0.25) is 0 Å². The van der Waals surface area contributed by atoms with Crippen molar-refractivity contribution in [1.82, 2.24) is 0 Å². The topological polar surface area (TPSA) is 43.5 Å². The van der Waals surface area contributed by atoms with Crippen LogP contribution in [0.2, 0.25) is 0 Å². The average molecular weight is 230 g/mol. The molecule has 0 aliphatic heterocycles. The number of benzene rings is 1. The Kier molecular flexibility index (Phi) is 5.40. The van der Waals surface area contributed by atoms with Gasteiger partial charge >= 0.3 is 7.12 Å². The van der Waals surface area contributed by atoms with Gasteiger partial charge < -0.3 is 10.0 Å². The Bertz CT molecular complexity index is 439. The van der Waals surface area contributed by atoms with Crippen molar-refractivity contribution in [2.75, 3.05) is 0 Å². The third-order valence-electron chi connectivity index (χ3n) is 2.43. The van der Waals surface area contributed by atoms with Crippen LogP contribution in [0.25, 0.3) is 0 Å². The molecule has 0 heterocycles. The second-order valence-electron chi connectivity index (χ2n) is 3.58. The van der Waals surface area contributed by atoms with Gasteiger partial charge in [0.1, 0.15) is 6.21 Å². The maximum absolute atomic E-state index is 9.26. The van der Waals surface area contributed by atoms with Gasteiger partial charge in [-0.15, -0.1) is 0 Å². The molecular formula is C13H17BNO2+. The molecule has 0 aliphatic carbocycles. The van der Waals surface area contributed by atoms with Gasteiger partial charge in [0.05, 0.1) is 0 Å². The second kappa shape index (κ2) is 6.83. The van der Waals surface area contributed by atoms with Crippen molar-refractivity contribution in [1.29, 1.82) is 0 Å². The molecule has 0 saturated carbocycles. The lowest BCUT2D eigenvalue weighted by Crippen LogP contribution is -2.33. The molecule has 0 saturated heterocycles. The van der Waals surface area contributed by atoms with Gasteiger partial charge in [0.25, 0.3) is 0 Å². The third kappa shape index (κ3) is 4.02. The van der Waals surface area contributed by atoms with Gasteiger partial charge in [-0.1, -0.05) is 36.9 Å². The molecular weight excluding hydrogens is 213 g/mol. The fourth-order valence-corrected chi connectivity index (χ4v) is 1.53. The number of allylic oxidation sites excluding steroid dienone is 2. The minimum absolute atomic E-state index is 0.534. The summed E-state index contributed by atoms with van der Waals surface area (Å²) in [4.78, 5) is 0. The van der Waals surface area contributed by atoms with Crippen LogP contribution in [0, 0.1) is 0 Å². The van der Waals surface area contributed by atoms with Crippen LogP contribution >= 0.6 is 0 Å². The van der Waals surface area contributed by atoms with Crippen LogP contribution in [0.3, 0.4) is 0 Å². The van der Waals surface area contributed by atoms with Gasteiger partial charge in [0.2, 0.25) is 0 Å². The minimum atomic E-state index is -1.44. The predicted molar refractivity (Wildman–Crippen MR) is 71.3 cm³/mol. The molecule has 0 spiro atoms. The Labute approximate surface area is 102 Å². The number of nitrogens with zero attached hydrogens (tertiary/aromatic N) is 1. The van der Waals surface area contributed by atoms with Crippen LogP contribution < -0.4 is 5.46 Å². The number of hydrogen-bond donors (Lipinski definition) is 2. The second-order valence-corrected chi connectivity index (χ2v) is 3.58. The number of hydrogen-bond acceptors (Lipinski definition) is 2. The first-order chi connectivity index (χ1) is 8.19. The van der Waals surface area contributed by atoms with Gasteiger partial charge in [-0.25, -0.2) is 4.58 Å². The molecule has 4 heteroatoms. The molecule has 3 nitrogen and oxygen atoms in total. The van der Waals surface area contributed by atoms with Crippen molar-refractivity contribution in [3.05, 3.63) is 54.8 Å². The van der Waals surface area contributed by atoms with Crippen molar-refractivity contribution in [2.45, 2.75) is 13.5 Å². The van der Waals surface area contributed by atoms with Crippen LogP contribution in [0.1, 0.15) is 12.5 Å². The summed E-state index contributed by atoms with van der Waals surface area (Å²) in [6.45, 7) is 6.13. The van der Waals surface area contributed by atoms with E-state index in [1.54, 1.807) is 18.2 Å². The summed E-state index contributed by atoms with van der Waals surface area (Å²) in [5.74, 6) is 0. The number of rotatable bonds is 5. The van der Waals surface area contributed by atoms with Crippen LogP contribution in [0.4, 0.5) is 0 Å². The zero-order valence-corrected chi connectivity index (χ0v) is 9.95. The Morgan fingerprint density at radius 1 is 1.35 bits per heavy atom. The molecule has 1 aromatic rings. The van der Waals surface area contributed by atoms with Crippen LogP contribution in [-0.4, -0.2) is 28.0 Å². The molecule has 2 N–H and O–H groups in total. The van der Waals surface area contributed by atoms with Crippen molar-refractivity contribution in [3.8, 4) is 0 Å². The summed E-state index contributed by atoms with van der Waals surface area (Å²) in [6, 6.07) is 7.27. The van der Waals surface area contributed by atoms with E-state index in [0.717, 1.165) is 5.56 Å². The highest BCUT2D eigenvalue weighted by atomic mass is 16.4. The van der Waals surface area contributed by atoms with Crippen molar-refractivity contribution < 1.29 is 14.6 Å². The predicted octanol–water partition coefficient (Wildman–Crippen LogP) is 0.669. The SMILES string of the molecule is C=C/C=C\[N+](=CC)Cc1ccccc1B(O)O. The highest BCUT2D eigenvalue weighted by Crippen LogP contribution is 2.00. The summed E-state index contributed by atoms with van der Waals surface area (Å²) in [5, 5.41) is 18.5. The third-order valence-corrected chi connectivity index (χ3v) is 2.43. The lowest BCUT2D eigenvalue weighted by atomic mass is 9.77. The monoisotopic (exact) mass is 230 g/mol. The van der Waals surface area contributed by atoms with E-state index in [2.05, 4.69) is 6.58 Å². The molecule has 0 bridgehead atoms. The zero-order valence-electron chi connectivity index (χ0n) is 9.95. The van der Waals surface area contributed by atoms with E-state index in [0.29, 0.717) is 12.0 Å². The molecule has 17 heavy (non-hydrogen) atoms. The van der Waals surface area contributed by atoms with E-state index < -0.39 is 7.12 Å². The fraction of sp³-hybridized carbons (Fsp3) is 0.154. The summed E-state index contributed by atoms with van der Waals surface area (Å²) in [6.07, 6.45) is 7.33. The van der Waals surface area contributed by atoms with E-state index >= 15 is 0 Å². The molecule has 0 aromatic heterocycles. The maximum Gasteiger partial charge on any atom is 0.488 e. The van der Waals surface area contributed by atoms with Crippen LogP contribution in [0.5, 0.6) is 0 Å². The molecule has 0 amide bonds. The average Bonchev–Trinajstić information content (AvgIpc) is 2.34. The Hall–Kier alpha value is -1.65. The Morgan fingerprint density at radius 3 is 2.65 bits per heavy atom. The highest BCUT2D eigenvalue weighted by Gasteiger charge is 2.17. The molecule has 0 atom stereocenters. The van der Waals surface area contributed by atoms with Gasteiger partial charge in [0.15, 0.2) is 12.7 Å². The summed E-state index contributed by atoms with van der Waals surface area (Å²) in [7, 11) is -1.44. The largest absolute Gasteiger partial charge is 0.488 e. The van der Waals surface area contributed by atoms with E-state index in [1.165, 1.54) is 0 Å². The lowest BCUT2D eigenvalue weighted by Gasteiger charge is -2.05.